The predicted octanol–water partition coefficient (Wildman–Crippen LogP) is -0.514. The summed E-state index contributed by atoms with van der Waals surface area (Å²) in [7, 11) is 7.06. The molecule has 0 aliphatic rings. The Labute approximate surface area is 78.0 Å². The number of hydrogen-bond acceptors (Lipinski definition) is 3. The molecule has 0 bridgehead atoms. The molecule has 1 rings (SSSR count). The molecule has 0 heterocycles. The summed E-state index contributed by atoms with van der Waals surface area (Å²) in [6, 6.07) is 6.85. The van der Waals surface area contributed by atoms with Gasteiger partial charge in [0.05, 0.1) is 0 Å². The van der Waals surface area contributed by atoms with Crippen molar-refractivity contribution in [1.29, 1.82) is 0 Å². The van der Waals surface area contributed by atoms with Gasteiger partial charge in [0.2, 0.25) is 0 Å². The largest absolute Gasteiger partial charge is 0.870 e. The minimum atomic E-state index is -0.114. The van der Waals surface area contributed by atoms with Gasteiger partial charge in [-0.05, 0) is 0 Å². The standard InChI is InChI=1S/C8H8BNO.2H2O/c1-10-8(11)6-3-2-4-7(9)5-6;;/h2-5H,1H3,(H,10,11);2*1H2/q+2;;/p-2. The van der Waals surface area contributed by atoms with Crippen LogP contribution in [0.2, 0.25) is 0 Å². The molecule has 1 aromatic carbocycles. The van der Waals surface area contributed by atoms with Crippen LogP contribution >= 0.6 is 0 Å². The molecule has 0 spiro atoms. The second-order valence-electron chi connectivity index (χ2n) is 2.20. The summed E-state index contributed by atoms with van der Waals surface area (Å²) in [4.78, 5) is 11.0. The van der Waals surface area contributed by atoms with E-state index < -0.39 is 0 Å². The van der Waals surface area contributed by atoms with Gasteiger partial charge < -0.3 is 11.0 Å². The van der Waals surface area contributed by atoms with E-state index in [2.05, 4.69) is 5.32 Å². The van der Waals surface area contributed by atoms with Crippen LogP contribution in [0.3, 0.4) is 0 Å². The van der Waals surface area contributed by atoms with E-state index in [4.69, 9.17) is 7.85 Å². The zero-order chi connectivity index (χ0) is 8.27. The molecule has 0 aliphatic heterocycles. The molecule has 13 heavy (non-hydrogen) atoms. The molecular formula is C8H10BNO3. The van der Waals surface area contributed by atoms with Crippen LogP contribution in [-0.2, 0) is 0 Å². The zero-order valence-corrected chi connectivity index (χ0v) is 7.19. The Hall–Kier alpha value is -1.33. The third-order valence-corrected chi connectivity index (χ3v) is 1.38. The van der Waals surface area contributed by atoms with Crippen LogP contribution in [0.1, 0.15) is 10.4 Å². The van der Waals surface area contributed by atoms with Gasteiger partial charge in [0.25, 0.3) is 0 Å². The van der Waals surface area contributed by atoms with Crippen molar-refractivity contribution in [3.63, 3.8) is 0 Å². The van der Waals surface area contributed by atoms with E-state index in [1.807, 2.05) is 0 Å². The van der Waals surface area contributed by atoms with Crippen LogP contribution < -0.4 is 10.8 Å². The van der Waals surface area contributed by atoms with Gasteiger partial charge in [-0.15, -0.1) is 0 Å². The number of benzene rings is 1. The number of rotatable bonds is 1. The Morgan fingerprint density at radius 3 is 2.46 bits per heavy atom. The van der Waals surface area contributed by atoms with E-state index in [9.17, 15) is 4.79 Å². The van der Waals surface area contributed by atoms with Crippen molar-refractivity contribution in [3.05, 3.63) is 29.8 Å². The summed E-state index contributed by atoms with van der Waals surface area (Å²) in [5, 5.41) is 2.51. The summed E-state index contributed by atoms with van der Waals surface area (Å²) < 4.78 is 0. The van der Waals surface area contributed by atoms with Crippen LogP contribution in [0, 0.1) is 0 Å². The Kier molecular flexibility index (Phi) is 6.80. The minimum absolute atomic E-state index is 0. The summed E-state index contributed by atoms with van der Waals surface area (Å²) in [5.41, 5.74) is 1.19. The van der Waals surface area contributed by atoms with Gasteiger partial charge >= 0.3 is 66.2 Å². The third-order valence-electron chi connectivity index (χ3n) is 1.38. The maximum Gasteiger partial charge on any atom is -0.870 e. The molecule has 68 valence electrons. The first-order valence-corrected chi connectivity index (χ1v) is 3.31. The molecular weight excluding hydrogens is 169 g/mol. The van der Waals surface area contributed by atoms with Crippen molar-refractivity contribution in [2.45, 2.75) is 0 Å². The summed E-state index contributed by atoms with van der Waals surface area (Å²) in [5.74, 6) is -0.114. The van der Waals surface area contributed by atoms with Crippen molar-refractivity contribution in [3.8, 4) is 0 Å². The fourth-order valence-corrected chi connectivity index (χ4v) is 0.824. The second kappa shape index (κ2) is 6.22. The topological polar surface area (TPSA) is 89.1 Å². The van der Waals surface area contributed by atoms with Crippen LogP contribution in [0.5, 0.6) is 0 Å². The van der Waals surface area contributed by atoms with Crippen LogP contribution in [0.25, 0.3) is 0 Å². The number of carbonyl (C=O) groups is 1. The summed E-state index contributed by atoms with van der Waals surface area (Å²) in [6.45, 7) is 0. The van der Waals surface area contributed by atoms with Crippen molar-refractivity contribution in [1.82, 2.24) is 5.32 Å². The molecule has 3 N–H and O–H groups in total. The molecule has 0 radical (unpaired) electrons. The van der Waals surface area contributed by atoms with Gasteiger partial charge in [-0.2, -0.15) is 0 Å². The van der Waals surface area contributed by atoms with Crippen LogP contribution in [-0.4, -0.2) is 31.8 Å². The first kappa shape index (κ1) is 14.2. The Morgan fingerprint density at radius 1 is 1.38 bits per heavy atom. The van der Waals surface area contributed by atoms with E-state index in [-0.39, 0.29) is 16.9 Å². The number of hydrogen-bond donors (Lipinski definition) is 1. The van der Waals surface area contributed by atoms with Gasteiger partial charge in [-0.25, -0.2) is 0 Å². The molecule has 0 fully saturated rings. The summed E-state index contributed by atoms with van der Waals surface area (Å²) in [6.07, 6.45) is 0. The Morgan fingerprint density at radius 2 is 2.00 bits per heavy atom. The first-order valence-electron chi connectivity index (χ1n) is 3.31. The molecule has 5 heteroatoms. The molecule has 0 saturated carbocycles. The molecule has 0 atom stereocenters. The average Bonchev–Trinajstić information content (AvgIpc) is 2.03. The summed E-state index contributed by atoms with van der Waals surface area (Å²) >= 11 is 0. The number of carbonyl (C=O) groups excluding carboxylic acids is 1. The fraction of sp³-hybridized carbons (Fsp3) is 0.125. The molecule has 1 amide bonds. The number of nitrogens with one attached hydrogen (secondary N) is 1. The van der Waals surface area contributed by atoms with Crippen molar-refractivity contribution >= 4 is 19.2 Å². The molecule has 0 aliphatic carbocycles. The van der Waals surface area contributed by atoms with Gasteiger partial charge in [-0.3, -0.25) is 0 Å². The SMILES string of the molecule is [B+2]c1cccc(C(=O)NC)c1.[OH-].[OH-]. The number of amides is 1. The maximum atomic E-state index is 11.0. The Balaban J connectivity index is 0. The maximum absolute atomic E-state index is 11.0. The average molecular weight is 179 g/mol. The monoisotopic (exact) mass is 179 g/mol. The first-order chi connectivity index (χ1) is 5.24. The normalized spacial score (nSPS) is 7.92. The second-order valence-corrected chi connectivity index (χ2v) is 2.20. The van der Waals surface area contributed by atoms with E-state index in [1.165, 1.54) is 0 Å². The Bertz CT molecular complexity index is 278. The van der Waals surface area contributed by atoms with Gasteiger partial charge in [0, 0.05) is 0 Å². The van der Waals surface area contributed by atoms with Gasteiger partial charge in [0.15, 0.2) is 0 Å². The van der Waals surface area contributed by atoms with Gasteiger partial charge in [-0.1, -0.05) is 0 Å². The van der Waals surface area contributed by atoms with E-state index in [0.29, 0.717) is 11.0 Å². The van der Waals surface area contributed by atoms with Crippen molar-refractivity contribution in [2.75, 3.05) is 7.05 Å². The molecule has 0 unspecified atom stereocenters. The molecule has 1 aromatic rings. The molecule has 4 nitrogen and oxygen atoms in total. The van der Waals surface area contributed by atoms with Crippen LogP contribution in [0.15, 0.2) is 24.3 Å². The van der Waals surface area contributed by atoms with Crippen molar-refractivity contribution in [2.24, 2.45) is 0 Å². The van der Waals surface area contributed by atoms with E-state index in [0.717, 1.165) is 0 Å². The fourth-order valence-electron chi connectivity index (χ4n) is 0.824. The zero-order valence-electron chi connectivity index (χ0n) is 7.19. The van der Waals surface area contributed by atoms with Crippen LogP contribution in [0.4, 0.5) is 0 Å². The third kappa shape index (κ3) is 3.73. The quantitative estimate of drug-likeness (QED) is 0.588. The predicted molar refractivity (Wildman–Crippen MR) is 49.1 cm³/mol. The van der Waals surface area contributed by atoms with Gasteiger partial charge in [0.1, 0.15) is 0 Å². The minimum Gasteiger partial charge on any atom is -0.870 e. The van der Waals surface area contributed by atoms with E-state index in [1.54, 1.807) is 31.3 Å². The smallest absolute Gasteiger partial charge is 0.870 e. The van der Waals surface area contributed by atoms with Crippen molar-refractivity contribution < 1.29 is 15.7 Å². The van der Waals surface area contributed by atoms with E-state index >= 15 is 0 Å². The molecule has 0 aromatic heterocycles. The molecule has 0 saturated heterocycles.